The van der Waals surface area contributed by atoms with Crippen molar-refractivity contribution in [2.24, 2.45) is 0 Å². The van der Waals surface area contributed by atoms with E-state index in [0.717, 1.165) is 0 Å². The zero-order valence-electron chi connectivity index (χ0n) is 8.33. The molecular weight excluding hydrogens is 200 g/mol. The minimum atomic E-state index is -2.88. The van der Waals surface area contributed by atoms with E-state index < -0.39 is 18.5 Å². The molecule has 1 rings (SSSR count). The molecule has 0 saturated carbocycles. The minimum absolute atomic E-state index is 0.439. The maximum Gasteiger partial charge on any atom is 0.278 e. The van der Waals surface area contributed by atoms with Crippen molar-refractivity contribution < 1.29 is 20.4 Å². The second-order valence-electron chi connectivity index (χ2n) is 3.28. The highest BCUT2D eigenvalue weighted by Gasteiger charge is 2.25. The van der Waals surface area contributed by atoms with E-state index in [9.17, 15) is 5.11 Å². The van der Waals surface area contributed by atoms with Crippen LogP contribution in [-0.4, -0.2) is 36.6 Å². The quantitative estimate of drug-likeness (QED) is 0.483. The number of hydrogen-bond acceptors (Lipinski definition) is 6. The summed E-state index contributed by atoms with van der Waals surface area (Å²) in [7, 11) is 0. The largest absolute Gasteiger partial charge is 0.388 e. The predicted octanol–water partition coefficient (Wildman–Crippen LogP) is -0.907. The Kier molecular flexibility index (Phi) is 3.70. The summed E-state index contributed by atoms with van der Waals surface area (Å²) < 4.78 is 0. The number of aliphatic hydroxyl groups is 4. The van der Waals surface area contributed by atoms with Gasteiger partial charge in [0.15, 0.2) is 0 Å². The summed E-state index contributed by atoms with van der Waals surface area (Å²) in [6, 6.07) is 1.53. The van der Waals surface area contributed by atoms with E-state index in [1.165, 1.54) is 12.3 Å². The molecule has 4 N–H and O–H groups in total. The van der Waals surface area contributed by atoms with Gasteiger partial charge < -0.3 is 20.4 Å². The Labute approximate surface area is 86.8 Å². The Morgan fingerprint density at radius 2 is 2.07 bits per heavy atom. The van der Waals surface area contributed by atoms with Crippen LogP contribution in [0.5, 0.6) is 0 Å². The third-order valence-electron chi connectivity index (χ3n) is 1.99. The van der Waals surface area contributed by atoms with E-state index in [1.54, 1.807) is 0 Å². The molecule has 0 amide bonds. The molecule has 0 aliphatic rings. The van der Waals surface area contributed by atoms with Gasteiger partial charge in [-0.1, -0.05) is 6.92 Å². The summed E-state index contributed by atoms with van der Waals surface area (Å²) in [5.74, 6) is -2.88. The van der Waals surface area contributed by atoms with Gasteiger partial charge in [0.25, 0.3) is 5.97 Å². The topological polar surface area (TPSA) is 107 Å². The molecule has 1 atom stereocenters. The van der Waals surface area contributed by atoms with Crippen LogP contribution in [0.1, 0.15) is 30.7 Å². The van der Waals surface area contributed by atoms with Crippen LogP contribution in [0.4, 0.5) is 0 Å². The molecule has 6 nitrogen and oxygen atoms in total. The Hall–Kier alpha value is -1.08. The van der Waals surface area contributed by atoms with E-state index in [1.807, 2.05) is 6.92 Å². The Bertz CT molecular complexity index is 324. The van der Waals surface area contributed by atoms with Gasteiger partial charge in [-0.15, -0.1) is 0 Å². The molecule has 0 radical (unpaired) electrons. The second-order valence-corrected chi connectivity index (χ2v) is 3.28. The molecule has 0 spiro atoms. The van der Waals surface area contributed by atoms with Crippen molar-refractivity contribution in [1.29, 1.82) is 0 Å². The fraction of sp³-hybridized carbons (Fsp3) is 0.556. The number of aliphatic hydroxyl groups excluding tert-OH is 1. The first-order valence-corrected chi connectivity index (χ1v) is 4.59. The molecule has 6 heteroatoms. The summed E-state index contributed by atoms with van der Waals surface area (Å²) in [6.07, 6.45) is 0.183. The highest BCUT2D eigenvalue weighted by molar-refractivity contribution is 5.20. The number of nitrogens with zero attached hydrogens (tertiary/aromatic N) is 2. The average Bonchev–Trinajstić information content (AvgIpc) is 2.15. The molecule has 0 fully saturated rings. The summed E-state index contributed by atoms with van der Waals surface area (Å²) in [4.78, 5) is 0. The molecule has 0 bridgehead atoms. The maximum atomic E-state index is 9.62. The van der Waals surface area contributed by atoms with Gasteiger partial charge >= 0.3 is 0 Å². The zero-order valence-corrected chi connectivity index (χ0v) is 8.33. The van der Waals surface area contributed by atoms with Crippen molar-refractivity contribution in [3.63, 3.8) is 0 Å². The molecule has 1 unspecified atom stereocenters. The van der Waals surface area contributed by atoms with Crippen molar-refractivity contribution in [3.05, 3.63) is 23.5 Å². The molecule has 1 aromatic heterocycles. The van der Waals surface area contributed by atoms with Crippen LogP contribution in [0.25, 0.3) is 0 Å². The van der Waals surface area contributed by atoms with Crippen molar-refractivity contribution >= 4 is 0 Å². The van der Waals surface area contributed by atoms with E-state index >= 15 is 0 Å². The predicted molar refractivity (Wildman–Crippen MR) is 50.4 cm³/mol. The van der Waals surface area contributed by atoms with Crippen LogP contribution >= 0.6 is 0 Å². The zero-order chi connectivity index (χ0) is 11.5. The van der Waals surface area contributed by atoms with Crippen molar-refractivity contribution in [2.45, 2.75) is 31.8 Å². The molecule has 1 aromatic rings. The summed E-state index contributed by atoms with van der Waals surface area (Å²) in [5, 5.41) is 43.2. The van der Waals surface area contributed by atoms with Crippen molar-refractivity contribution in [1.82, 2.24) is 10.2 Å². The lowest BCUT2D eigenvalue weighted by Gasteiger charge is -2.19. The SMILES string of the molecule is CCc1nnccc1C(O)CC(O)(O)O. The van der Waals surface area contributed by atoms with Gasteiger partial charge in [-0.05, 0) is 12.5 Å². The molecule has 0 aliphatic heterocycles. The molecule has 0 saturated heterocycles. The lowest BCUT2D eigenvalue weighted by Crippen LogP contribution is -2.30. The van der Waals surface area contributed by atoms with Crippen LogP contribution < -0.4 is 0 Å². The van der Waals surface area contributed by atoms with Crippen LogP contribution in [0.2, 0.25) is 0 Å². The van der Waals surface area contributed by atoms with Crippen LogP contribution in [0.15, 0.2) is 12.3 Å². The van der Waals surface area contributed by atoms with Crippen molar-refractivity contribution in [2.75, 3.05) is 0 Å². The van der Waals surface area contributed by atoms with Gasteiger partial charge in [0.05, 0.1) is 18.2 Å². The molecule has 15 heavy (non-hydrogen) atoms. The van der Waals surface area contributed by atoms with E-state index in [0.29, 0.717) is 17.7 Å². The summed E-state index contributed by atoms with van der Waals surface area (Å²) >= 11 is 0. The van der Waals surface area contributed by atoms with Crippen LogP contribution in [-0.2, 0) is 6.42 Å². The van der Waals surface area contributed by atoms with E-state index in [4.69, 9.17) is 15.3 Å². The molecule has 84 valence electrons. The van der Waals surface area contributed by atoms with Gasteiger partial charge in [-0.25, -0.2) is 0 Å². The Morgan fingerprint density at radius 1 is 1.40 bits per heavy atom. The number of hydrogen-bond donors (Lipinski definition) is 4. The van der Waals surface area contributed by atoms with Crippen molar-refractivity contribution in [3.8, 4) is 0 Å². The highest BCUT2D eigenvalue weighted by atomic mass is 16.7. The minimum Gasteiger partial charge on any atom is -0.388 e. The molecule has 0 aliphatic carbocycles. The van der Waals surface area contributed by atoms with E-state index in [-0.39, 0.29) is 0 Å². The maximum absolute atomic E-state index is 9.62. The number of aromatic nitrogens is 2. The molecule has 1 heterocycles. The first kappa shape index (κ1) is 12.0. The second kappa shape index (κ2) is 4.63. The normalized spacial score (nSPS) is 13.9. The van der Waals surface area contributed by atoms with Gasteiger partial charge in [0.2, 0.25) is 0 Å². The smallest absolute Gasteiger partial charge is 0.278 e. The fourth-order valence-electron chi connectivity index (χ4n) is 1.32. The van der Waals surface area contributed by atoms with Gasteiger partial charge in [0, 0.05) is 11.8 Å². The lowest BCUT2D eigenvalue weighted by atomic mass is 10.0. The monoisotopic (exact) mass is 214 g/mol. The Balaban J connectivity index is 2.86. The standard InChI is InChI=1S/C9H14N2O4/c1-2-7-6(3-4-10-11-7)8(12)5-9(13,14)15/h3-4,8,12-15H,2,5H2,1H3. The lowest BCUT2D eigenvalue weighted by molar-refractivity contribution is -0.323. The molecule has 0 aromatic carbocycles. The average molecular weight is 214 g/mol. The third kappa shape index (κ3) is 3.52. The molecular formula is C9H14N2O4. The Morgan fingerprint density at radius 3 is 2.60 bits per heavy atom. The van der Waals surface area contributed by atoms with E-state index in [2.05, 4.69) is 10.2 Å². The van der Waals surface area contributed by atoms with Gasteiger partial charge in [-0.2, -0.15) is 10.2 Å². The summed E-state index contributed by atoms with van der Waals surface area (Å²) in [6.45, 7) is 1.84. The third-order valence-corrected chi connectivity index (χ3v) is 1.99. The first-order chi connectivity index (χ1) is 6.94. The van der Waals surface area contributed by atoms with Crippen LogP contribution in [0, 0.1) is 0 Å². The number of rotatable bonds is 4. The van der Waals surface area contributed by atoms with Crippen LogP contribution in [0.3, 0.4) is 0 Å². The fourth-order valence-corrected chi connectivity index (χ4v) is 1.32. The van der Waals surface area contributed by atoms with Gasteiger partial charge in [0.1, 0.15) is 0 Å². The highest BCUT2D eigenvalue weighted by Crippen LogP contribution is 2.22. The number of aryl methyl sites for hydroxylation is 1. The summed E-state index contributed by atoms with van der Waals surface area (Å²) in [5.41, 5.74) is 1.00. The first-order valence-electron chi connectivity index (χ1n) is 4.59. The van der Waals surface area contributed by atoms with Gasteiger partial charge in [-0.3, -0.25) is 0 Å².